The molecule has 1 aromatic rings. The predicted octanol–water partition coefficient (Wildman–Crippen LogP) is 2.05. The van der Waals surface area contributed by atoms with Crippen LogP contribution < -0.4 is 0 Å². The Morgan fingerprint density at radius 1 is 1.33 bits per heavy atom. The average molecular weight is 329 g/mol. The van der Waals surface area contributed by atoms with Crippen molar-refractivity contribution in [3.8, 4) is 0 Å². The molecule has 1 saturated heterocycles. The fourth-order valence-corrected chi connectivity index (χ4v) is 5.24. The number of sulfonamides is 1. The number of ether oxygens (including phenoxy) is 1. The molecule has 1 fully saturated rings. The molecule has 0 aromatic heterocycles. The van der Waals surface area contributed by atoms with Crippen molar-refractivity contribution >= 4 is 27.8 Å². The average Bonchev–Trinajstić information content (AvgIpc) is 2.96. The van der Waals surface area contributed by atoms with Gasteiger partial charge in [-0.25, -0.2) is 13.2 Å². The van der Waals surface area contributed by atoms with Gasteiger partial charge >= 0.3 is 5.97 Å². The van der Waals surface area contributed by atoms with E-state index < -0.39 is 21.4 Å². The van der Waals surface area contributed by atoms with Crippen LogP contribution in [0, 0.1) is 0 Å². The van der Waals surface area contributed by atoms with Gasteiger partial charge in [-0.2, -0.15) is 4.31 Å². The Hall–Kier alpha value is -1.05. The van der Waals surface area contributed by atoms with Crippen LogP contribution in [0.25, 0.3) is 0 Å². The minimum absolute atomic E-state index is 0.211. The molecule has 0 N–H and O–H groups in total. The summed E-state index contributed by atoms with van der Waals surface area (Å²) < 4.78 is 31.2. The van der Waals surface area contributed by atoms with Crippen LogP contribution in [0.4, 0.5) is 0 Å². The highest BCUT2D eigenvalue weighted by atomic mass is 32.2. The summed E-state index contributed by atoms with van der Waals surface area (Å²) in [6.45, 7) is 4.42. The first kappa shape index (κ1) is 16.3. The number of benzene rings is 1. The second kappa shape index (κ2) is 6.37. The molecule has 0 saturated carbocycles. The quantitative estimate of drug-likeness (QED) is 0.791. The lowest BCUT2D eigenvalue weighted by Crippen LogP contribution is -2.39. The maximum Gasteiger partial charge on any atom is 0.334 e. The molecule has 0 radical (unpaired) electrons. The fourth-order valence-electron chi connectivity index (χ4n) is 2.15. The summed E-state index contributed by atoms with van der Waals surface area (Å²) >= 11 is 1.28. The van der Waals surface area contributed by atoms with Crippen LogP contribution >= 0.6 is 11.8 Å². The molecule has 1 aliphatic rings. The first-order valence-electron chi connectivity index (χ1n) is 6.69. The Kier molecular flexibility index (Phi) is 4.95. The lowest BCUT2D eigenvalue weighted by Gasteiger charge is -2.21. The number of hydrogen-bond acceptors (Lipinski definition) is 5. The first-order valence-corrected chi connectivity index (χ1v) is 9.18. The Morgan fingerprint density at radius 3 is 2.48 bits per heavy atom. The number of nitrogens with zero attached hydrogens (tertiary/aromatic N) is 1. The summed E-state index contributed by atoms with van der Waals surface area (Å²) in [6.07, 6.45) is 0. The minimum atomic E-state index is -3.67. The predicted molar refractivity (Wildman–Crippen MR) is 82.7 cm³/mol. The number of methoxy groups -OCH3 is 1. The zero-order valence-electron chi connectivity index (χ0n) is 12.3. The molecular formula is C14H19NO4S2. The summed E-state index contributed by atoms with van der Waals surface area (Å²) in [5, 5.41) is -0.787. The zero-order chi connectivity index (χ0) is 15.6. The van der Waals surface area contributed by atoms with Gasteiger partial charge in [0.15, 0.2) is 5.37 Å². The Bertz CT molecular complexity index is 610. The summed E-state index contributed by atoms with van der Waals surface area (Å²) in [7, 11) is -2.41. The highest BCUT2D eigenvalue weighted by Gasteiger charge is 2.40. The second-order valence-corrected chi connectivity index (χ2v) is 8.16. The maximum absolute atomic E-state index is 12.7. The van der Waals surface area contributed by atoms with Crippen molar-refractivity contribution in [2.45, 2.75) is 30.0 Å². The zero-order valence-corrected chi connectivity index (χ0v) is 13.9. The minimum Gasteiger partial charge on any atom is -0.467 e. The van der Waals surface area contributed by atoms with Crippen molar-refractivity contribution in [2.24, 2.45) is 0 Å². The van der Waals surface area contributed by atoms with Crippen LogP contribution in [0.15, 0.2) is 29.2 Å². The number of hydrogen-bond donors (Lipinski definition) is 0. The van der Waals surface area contributed by atoms with Gasteiger partial charge in [0, 0.05) is 12.3 Å². The van der Waals surface area contributed by atoms with E-state index in [9.17, 15) is 13.2 Å². The number of esters is 1. The smallest absolute Gasteiger partial charge is 0.334 e. The van der Waals surface area contributed by atoms with Crippen molar-refractivity contribution in [3.05, 3.63) is 29.8 Å². The van der Waals surface area contributed by atoms with Crippen molar-refractivity contribution in [1.82, 2.24) is 4.31 Å². The van der Waals surface area contributed by atoms with E-state index in [2.05, 4.69) is 4.74 Å². The topological polar surface area (TPSA) is 63.7 Å². The lowest BCUT2D eigenvalue weighted by molar-refractivity contribution is -0.141. The molecule has 1 unspecified atom stereocenters. The van der Waals surface area contributed by atoms with Crippen molar-refractivity contribution in [1.29, 1.82) is 0 Å². The molecule has 0 bridgehead atoms. The Morgan fingerprint density at radius 2 is 1.95 bits per heavy atom. The van der Waals surface area contributed by atoms with Crippen molar-refractivity contribution < 1.29 is 17.9 Å². The third-order valence-corrected chi connectivity index (χ3v) is 6.60. The van der Waals surface area contributed by atoms with Crippen LogP contribution in [0.3, 0.4) is 0 Å². The molecule has 1 aromatic carbocycles. The SMILES string of the molecule is COC(=O)C1SCCN1S(=O)(=O)c1ccc(C(C)C)cc1. The second-order valence-electron chi connectivity index (χ2n) is 5.09. The summed E-state index contributed by atoms with van der Waals surface area (Å²) in [4.78, 5) is 11.9. The van der Waals surface area contributed by atoms with Gasteiger partial charge < -0.3 is 4.74 Å². The van der Waals surface area contributed by atoms with Crippen LogP contribution in [0.2, 0.25) is 0 Å². The van der Waals surface area contributed by atoms with Crippen LogP contribution in [0.5, 0.6) is 0 Å². The van der Waals surface area contributed by atoms with Gasteiger partial charge in [-0.15, -0.1) is 11.8 Å². The number of carbonyl (C=O) groups excluding carboxylic acids is 1. The Labute approximate surface area is 129 Å². The van der Waals surface area contributed by atoms with E-state index in [-0.39, 0.29) is 4.90 Å². The van der Waals surface area contributed by atoms with Gasteiger partial charge in [0.05, 0.1) is 12.0 Å². The van der Waals surface area contributed by atoms with Crippen LogP contribution in [-0.4, -0.2) is 43.5 Å². The molecule has 5 nitrogen and oxygen atoms in total. The van der Waals surface area contributed by atoms with E-state index >= 15 is 0 Å². The van der Waals surface area contributed by atoms with Gasteiger partial charge in [0.1, 0.15) is 0 Å². The van der Waals surface area contributed by atoms with Crippen molar-refractivity contribution in [2.75, 3.05) is 19.4 Å². The third-order valence-electron chi connectivity index (χ3n) is 3.41. The molecular weight excluding hydrogens is 310 g/mol. The van der Waals surface area contributed by atoms with E-state index in [1.807, 2.05) is 26.0 Å². The molecule has 21 heavy (non-hydrogen) atoms. The molecule has 0 spiro atoms. The van der Waals surface area contributed by atoms with Gasteiger partial charge in [-0.3, -0.25) is 0 Å². The maximum atomic E-state index is 12.7. The number of carbonyl (C=O) groups is 1. The van der Waals surface area contributed by atoms with Crippen LogP contribution in [0.1, 0.15) is 25.3 Å². The van der Waals surface area contributed by atoms with Crippen molar-refractivity contribution in [3.63, 3.8) is 0 Å². The lowest BCUT2D eigenvalue weighted by atomic mass is 10.0. The van der Waals surface area contributed by atoms with E-state index in [1.54, 1.807) is 12.1 Å². The summed E-state index contributed by atoms with van der Waals surface area (Å²) in [5.41, 5.74) is 1.08. The Balaban J connectivity index is 2.30. The largest absolute Gasteiger partial charge is 0.467 e. The van der Waals surface area contributed by atoms with E-state index in [0.29, 0.717) is 18.2 Å². The fraction of sp³-hybridized carbons (Fsp3) is 0.500. The molecule has 7 heteroatoms. The standard InChI is InChI=1S/C14H19NO4S2/c1-10(2)11-4-6-12(7-5-11)21(17,18)15-8-9-20-13(15)14(16)19-3/h4-7,10,13H,8-9H2,1-3H3. The van der Waals surface area contributed by atoms with E-state index in [1.165, 1.54) is 23.2 Å². The highest BCUT2D eigenvalue weighted by Crippen LogP contribution is 2.31. The van der Waals surface area contributed by atoms with Gasteiger partial charge in [0.25, 0.3) is 0 Å². The van der Waals surface area contributed by atoms with E-state index in [4.69, 9.17) is 0 Å². The number of thioether (sulfide) groups is 1. The number of rotatable bonds is 4. The normalized spacial score (nSPS) is 19.9. The third kappa shape index (κ3) is 3.25. The molecule has 1 atom stereocenters. The first-order chi connectivity index (χ1) is 9.87. The molecule has 1 aliphatic heterocycles. The van der Waals surface area contributed by atoms with Gasteiger partial charge in [0.2, 0.25) is 10.0 Å². The molecule has 0 aliphatic carbocycles. The summed E-state index contributed by atoms with van der Waals surface area (Å²) in [5.74, 6) is 0.398. The van der Waals surface area contributed by atoms with Crippen LogP contribution in [-0.2, 0) is 19.6 Å². The van der Waals surface area contributed by atoms with E-state index in [0.717, 1.165) is 5.56 Å². The highest BCUT2D eigenvalue weighted by molar-refractivity contribution is 8.02. The molecule has 1 heterocycles. The monoisotopic (exact) mass is 329 g/mol. The van der Waals surface area contributed by atoms with Gasteiger partial charge in [-0.1, -0.05) is 26.0 Å². The molecule has 116 valence electrons. The summed E-state index contributed by atoms with van der Waals surface area (Å²) in [6, 6.07) is 6.83. The molecule has 0 amide bonds. The molecule has 2 rings (SSSR count). The van der Waals surface area contributed by atoms with Gasteiger partial charge in [-0.05, 0) is 23.6 Å².